The number of Topliss-reactive ketones (excluding diaryl/α,β-unsaturated/α-hetero) is 1. The van der Waals surface area contributed by atoms with Crippen LogP contribution in [0.1, 0.15) is 86.0 Å². The number of carboxylic acids is 1. The molecule has 0 aromatic rings. The van der Waals surface area contributed by atoms with Gasteiger partial charge in [-0.1, -0.05) is 46.0 Å². The van der Waals surface area contributed by atoms with Gasteiger partial charge in [-0.15, -0.1) is 0 Å². The number of unbranched alkanes of at least 4 members (excludes halogenated alkanes) is 4. The zero-order chi connectivity index (χ0) is 16.4. The van der Waals surface area contributed by atoms with Crippen LogP contribution < -0.4 is 0 Å². The van der Waals surface area contributed by atoms with Gasteiger partial charge in [0.1, 0.15) is 5.78 Å². The smallest absolute Gasteiger partial charge is 0.300 e. The lowest BCUT2D eigenvalue weighted by Crippen LogP contribution is -1.97. The van der Waals surface area contributed by atoms with Crippen LogP contribution in [0.4, 0.5) is 0 Å². The number of rotatable bonds is 8. The van der Waals surface area contributed by atoms with Gasteiger partial charge in [-0.25, -0.2) is 0 Å². The number of aliphatic carboxylic acids is 1. The topological polar surface area (TPSA) is 74.6 Å². The van der Waals surface area contributed by atoms with Crippen LogP contribution in [0.25, 0.3) is 0 Å². The molecule has 122 valence electrons. The SMILES string of the molecule is CC(=O)O.CCCCCC(C)=O.CCCCC[C@@H](C)O. The van der Waals surface area contributed by atoms with Crippen LogP contribution in [0.2, 0.25) is 0 Å². The lowest BCUT2D eigenvalue weighted by molar-refractivity contribution is -0.134. The van der Waals surface area contributed by atoms with E-state index in [0.717, 1.165) is 26.2 Å². The van der Waals surface area contributed by atoms with Gasteiger partial charge in [0.2, 0.25) is 0 Å². The molecule has 0 aromatic heterocycles. The first-order chi connectivity index (χ1) is 9.27. The van der Waals surface area contributed by atoms with Crippen molar-refractivity contribution in [2.24, 2.45) is 0 Å². The predicted octanol–water partition coefficient (Wildman–Crippen LogP) is 4.19. The molecule has 1 atom stereocenters. The maximum absolute atomic E-state index is 10.3. The molecular weight excluding hydrogens is 256 g/mol. The number of ketones is 1. The molecule has 0 fully saturated rings. The Balaban J connectivity index is -0.000000230. The summed E-state index contributed by atoms with van der Waals surface area (Å²) in [6, 6.07) is 0. The highest BCUT2D eigenvalue weighted by molar-refractivity contribution is 5.75. The Kier molecular flexibility index (Phi) is 24.6. The Morgan fingerprint density at radius 3 is 1.65 bits per heavy atom. The maximum Gasteiger partial charge on any atom is 0.300 e. The molecule has 0 radical (unpaired) electrons. The lowest BCUT2D eigenvalue weighted by Gasteiger charge is -2.00. The molecule has 0 aromatic carbocycles. The van der Waals surface area contributed by atoms with Crippen LogP contribution in [0, 0.1) is 0 Å². The normalized spacial score (nSPS) is 10.5. The summed E-state index contributed by atoms with van der Waals surface area (Å²) in [6.45, 7) is 8.88. The number of aliphatic hydroxyl groups is 1. The quantitative estimate of drug-likeness (QED) is 0.657. The molecule has 0 aliphatic rings. The third-order valence-electron chi connectivity index (χ3n) is 2.36. The Morgan fingerprint density at radius 2 is 1.35 bits per heavy atom. The van der Waals surface area contributed by atoms with E-state index in [1.54, 1.807) is 6.92 Å². The second-order valence-electron chi connectivity index (χ2n) is 5.02. The molecule has 0 aliphatic heterocycles. The van der Waals surface area contributed by atoms with E-state index < -0.39 is 5.97 Å². The minimum Gasteiger partial charge on any atom is -0.481 e. The van der Waals surface area contributed by atoms with Gasteiger partial charge in [-0.3, -0.25) is 4.79 Å². The van der Waals surface area contributed by atoms with Crippen molar-refractivity contribution in [2.45, 2.75) is 92.1 Å². The third kappa shape index (κ3) is 53.5. The van der Waals surface area contributed by atoms with Gasteiger partial charge in [-0.05, 0) is 26.7 Å². The van der Waals surface area contributed by atoms with E-state index in [4.69, 9.17) is 15.0 Å². The van der Waals surface area contributed by atoms with Gasteiger partial charge in [0.25, 0.3) is 5.97 Å². The van der Waals surface area contributed by atoms with E-state index in [1.807, 2.05) is 6.92 Å². The molecule has 0 bridgehead atoms. The molecule has 0 unspecified atom stereocenters. The van der Waals surface area contributed by atoms with Crippen molar-refractivity contribution in [2.75, 3.05) is 0 Å². The standard InChI is InChI=1S/C7H16O.C7H14O.C2H4O2/c2*1-3-4-5-6-7(2)8;1-2(3)4/h7-8H,3-6H2,1-2H3;3-6H2,1-2H3;1H3,(H,3,4)/t7-;;/m1../s1. The number of hydrogen-bond donors (Lipinski definition) is 2. The van der Waals surface area contributed by atoms with Crippen LogP contribution in [0.5, 0.6) is 0 Å². The molecule has 0 heterocycles. The Bertz CT molecular complexity index is 209. The first kappa shape index (κ1) is 24.1. The number of carboxylic acid groups (broad SMARTS) is 1. The van der Waals surface area contributed by atoms with E-state index in [2.05, 4.69) is 13.8 Å². The highest BCUT2D eigenvalue weighted by Crippen LogP contribution is 2.01. The van der Waals surface area contributed by atoms with Crippen molar-refractivity contribution in [1.82, 2.24) is 0 Å². The monoisotopic (exact) mass is 290 g/mol. The highest BCUT2D eigenvalue weighted by Gasteiger charge is 1.92. The number of carbonyl (C=O) groups excluding carboxylic acids is 1. The predicted molar refractivity (Wildman–Crippen MR) is 84.0 cm³/mol. The number of hydrogen-bond acceptors (Lipinski definition) is 3. The van der Waals surface area contributed by atoms with E-state index in [9.17, 15) is 4.79 Å². The summed E-state index contributed by atoms with van der Waals surface area (Å²) in [6.07, 6.45) is 8.79. The van der Waals surface area contributed by atoms with E-state index in [0.29, 0.717) is 5.78 Å². The lowest BCUT2D eigenvalue weighted by atomic mass is 10.1. The summed E-state index contributed by atoms with van der Waals surface area (Å²) in [4.78, 5) is 19.3. The van der Waals surface area contributed by atoms with Crippen molar-refractivity contribution < 1.29 is 19.8 Å². The molecule has 0 saturated carbocycles. The molecule has 2 N–H and O–H groups in total. The zero-order valence-corrected chi connectivity index (χ0v) is 13.9. The number of aliphatic hydroxyl groups excluding tert-OH is 1. The van der Waals surface area contributed by atoms with Crippen molar-refractivity contribution in [3.8, 4) is 0 Å². The van der Waals surface area contributed by atoms with E-state index in [1.165, 1.54) is 32.1 Å². The van der Waals surface area contributed by atoms with Crippen LogP contribution in [-0.4, -0.2) is 28.1 Å². The van der Waals surface area contributed by atoms with Crippen LogP contribution in [-0.2, 0) is 9.59 Å². The third-order valence-corrected chi connectivity index (χ3v) is 2.36. The van der Waals surface area contributed by atoms with Crippen LogP contribution >= 0.6 is 0 Å². The Hall–Kier alpha value is -0.900. The Labute approximate surface area is 124 Å². The van der Waals surface area contributed by atoms with E-state index >= 15 is 0 Å². The molecule has 0 amide bonds. The maximum atomic E-state index is 10.3. The van der Waals surface area contributed by atoms with Gasteiger partial charge in [0.05, 0.1) is 6.10 Å². The second kappa shape index (κ2) is 20.4. The van der Waals surface area contributed by atoms with Gasteiger partial charge in [0, 0.05) is 13.3 Å². The molecule has 20 heavy (non-hydrogen) atoms. The first-order valence-corrected chi connectivity index (χ1v) is 7.64. The van der Waals surface area contributed by atoms with Gasteiger partial charge in [0.15, 0.2) is 0 Å². The van der Waals surface area contributed by atoms with Crippen LogP contribution in [0.3, 0.4) is 0 Å². The zero-order valence-electron chi connectivity index (χ0n) is 13.9. The summed E-state index contributed by atoms with van der Waals surface area (Å²) in [7, 11) is 0. The summed E-state index contributed by atoms with van der Waals surface area (Å²) in [5.41, 5.74) is 0. The average Bonchev–Trinajstić information content (AvgIpc) is 2.29. The molecule has 0 saturated heterocycles. The fourth-order valence-corrected chi connectivity index (χ4v) is 1.31. The first-order valence-electron chi connectivity index (χ1n) is 7.64. The summed E-state index contributed by atoms with van der Waals surface area (Å²) in [5.74, 6) is -0.515. The van der Waals surface area contributed by atoms with Gasteiger partial charge < -0.3 is 15.0 Å². The molecule has 4 nitrogen and oxygen atoms in total. The summed E-state index contributed by atoms with van der Waals surface area (Å²) in [5, 5.41) is 16.2. The molecular formula is C16H34O4. The van der Waals surface area contributed by atoms with Crippen molar-refractivity contribution in [3.05, 3.63) is 0 Å². The van der Waals surface area contributed by atoms with Crippen molar-refractivity contribution in [1.29, 1.82) is 0 Å². The Morgan fingerprint density at radius 1 is 0.950 bits per heavy atom. The van der Waals surface area contributed by atoms with Crippen molar-refractivity contribution in [3.63, 3.8) is 0 Å². The van der Waals surface area contributed by atoms with E-state index in [-0.39, 0.29) is 6.10 Å². The average molecular weight is 290 g/mol. The highest BCUT2D eigenvalue weighted by atomic mass is 16.4. The molecule has 0 aliphatic carbocycles. The molecule has 0 rings (SSSR count). The largest absolute Gasteiger partial charge is 0.481 e. The summed E-state index contributed by atoms with van der Waals surface area (Å²) >= 11 is 0. The molecule has 0 spiro atoms. The number of carbonyl (C=O) groups is 2. The minimum atomic E-state index is -0.833. The summed E-state index contributed by atoms with van der Waals surface area (Å²) < 4.78 is 0. The fourth-order valence-electron chi connectivity index (χ4n) is 1.31. The molecule has 4 heteroatoms. The fraction of sp³-hybridized carbons (Fsp3) is 0.875. The van der Waals surface area contributed by atoms with Gasteiger partial charge >= 0.3 is 0 Å². The second-order valence-corrected chi connectivity index (χ2v) is 5.02. The van der Waals surface area contributed by atoms with Crippen LogP contribution in [0.15, 0.2) is 0 Å². The van der Waals surface area contributed by atoms with Crippen molar-refractivity contribution >= 4 is 11.8 Å². The van der Waals surface area contributed by atoms with Gasteiger partial charge in [-0.2, -0.15) is 0 Å². The minimum absolute atomic E-state index is 0.0958.